The highest BCUT2D eigenvalue weighted by Gasteiger charge is 2.13. The van der Waals surface area contributed by atoms with E-state index in [1.807, 2.05) is 70.9 Å². The smallest absolute Gasteiger partial charge is 0.211 e. The van der Waals surface area contributed by atoms with Gasteiger partial charge in [0.25, 0.3) is 0 Å². The van der Waals surface area contributed by atoms with Crippen molar-refractivity contribution in [1.82, 2.24) is 9.66 Å². The van der Waals surface area contributed by atoms with Gasteiger partial charge in [0.2, 0.25) is 4.80 Å². The summed E-state index contributed by atoms with van der Waals surface area (Å²) in [7, 11) is 0. The lowest BCUT2D eigenvalue weighted by molar-refractivity contribution is 0.622. The summed E-state index contributed by atoms with van der Waals surface area (Å²) in [6.07, 6.45) is 5.31. The van der Waals surface area contributed by atoms with Crippen molar-refractivity contribution in [3.05, 3.63) is 99.9 Å². The predicted octanol–water partition coefficient (Wildman–Crippen LogP) is 6.09. The Bertz CT molecular complexity index is 1420. The maximum Gasteiger partial charge on any atom is 0.211 e. The third kappa shape index (κ3) is 3.85. The normalized spacial score (nSPS) is 12.3. The summed E-state index contributed by atoms with van der Waals surface area (Å²) in [4.78, 5) is 9.77. The second-order valence-corrected chi connectivity index (χ2v) is 8.06. The van der Waals surface area contributed by atoms with Crippen molar-refractivity contribution in [2.45, 2.75) is 13.8 Å². The Morgan fingerprint density at radius 3 is 2.68 bits per heavy atom. The molecule has 0 fully saturated rings. The molecule has 0 aliphatic rings. The number of thiazole rings is 1. The van der Waals surface area contributed by atoms with E-state index in [1.165, 1.54) is 16.9 Å². The van der Waals surface area contributed by atoms with Crippen molar-refractivity contribution in [1.29, 1.82) is 0 Å². The Labute approximate surface area is 183 Å². The number of aromatic nitrogens is 2. The van der Waals surface area contributed by atoms with Gasteiger partial charge in [-0.2, -0.15) is 5.10 Å². The largest absolute Gasteiger partial charge is 0.454 e. The van der Waals surface area contributed by atoms with Crippen LogP contribution in [0.2, 0.25) is 0 Å². The Morgan fingerprint density at radius 2 is 1.84 bits per heavy atom. The molecule has 0 bridgehead atoms. The van der Waals surface area contributed by atoms with Crippen LogP contribution in [-0.4, -0.2) is 15.9 Å². The molecular formula is C25H20N4OS. The second kappa shape index (κ2) is 8.16. The van der Waals surface area contributed by atoms with Crippen LogP contribution in [0, 0.1) is 13.8 Å². The standard InChI is InChI=1S/C25H20N4OS/c1-17-6-5-8-21(18(17)2)28-25-29(27-15-19-10-12-26-13-11-19)22(16-31-25)24-14-20-7-3-4-9-23(20)30-24/h3-16H,1-2H3. The highest BCUT2D eigenvalue weighted by atomic mass is 32.1. The summed E-state index contributed by atoms with van der Waals surface area (Å²) in [5, 5.41) is 7.84. The van der Waals surface area contributed by atoms with E-state index in [2.05, 4.69) is 24.9 Å². The molecule has 6 heteroatoms. The van der Waals surface area contributed by atoms with E-state index in [0.717, 1.165) is 44.0 Å². The minimum Gasteiger partial charge on any atom is -0.454 e. The van der Waals surface area contributed by atoms with Gasteiger partial charge in [0.05, 0.1) is 11.9 Å². The third-order valence-electron chi connectivity index (χ3n) is 5.18. The average molecular weight is 425 g/mol. The first-order valence-electron chi connectivity index (χ1n) is 9.94. The zero-order chi connectivity index (χ0) is 21.2. The van der Waals surface area contributed by atoms with Gasteiger partial charge >= 0.3 is 0 Å². The van der Waals surface area contributed by atoms with Gasteiger partial charge in [-0.1, -0.05) is 30.3 Å². The number of hydrogen-bond donors (Lipinski definition) is 0. The minimum atomic E-state index is 0.756. The van der Waals surface area contributed by atoms with Crippen molar-refractivity contribution in [3.8, 4) is 11.5 Å². The number of fused-ring (bicyclic) bond motifs is 1. The molecule has 152 valence electrons. The predicted molar refractivity (Wildman–Crippen MR) is 126 cm³/mol. The summed E-state index contributed by atoms with van der Waals surface area (Å²) in [6, 6.07) is 20.0. The molecule has 0 saturated carbocycles. The summed E-state index contributed by atoms with van der Waals surface area (Å²) < 4.78 is 7.95. The highest BCUT2D eigenvalue weighted by molar-refractivity contribution is 7.07. The van der Waals surface area contributed by atoms with E-state index < -0.39 is 0 Å². The molecule has 5 aromatic rings. The molecule has 0 aliphatic heterocycles. The van der Waals surface area contributed by atoms with Gasteiger partial charge < -0.3 is 4.42 Å². The van der Waals surface area contributed by atoms with Crippen LogP contribution in [0.5, 0.6) is 0 Å². The summed E-state index contributed by atoms with van der Waals surface area (Å²) in [5.41, 5.74) is 5.97. The molecular weight excluding hydrogens is 404 g/mol. The molecule has 0 spiro atoms. The first kappa shape index (κ1) is 19.2. The SMILES string of the molecule is Cc1cccc(N=c2scc(-c3cc4ccccc4o3)n2N=Cc2ccncc2)c1C. The lowest BCUT2D eigenvalue weighted by Crippen LogP contribution is -2.11. The van der Waals surface area contributed by atoms with Crippen LogP contribution in [0.1, 0.15) is 16.7 Å². The number of benzene rings is 2. The molecule has 31 heavy (non-hydrogen) atoms. The van der Waals surface area contributed by atoms with E-state index in [4.69, 9.17) is 14.5 Å². The number of rotatable bonds is 4. The number of hydrogen-bond acceptors (Lipinski definition) is 5. The maximum atomic E-state index is 6.11. The van der Waals surface area contributed by atoms with Gasteiger partial charge in [0.15, 0.2) is 5.76 Å². The van der Waals surface area contributed by atoms with Crippen LogP contribution in [0.4, 0.5) is 5.69 Å². The molecule has 5 rings (SSSR count). The number of pyridine rings is 1. The van der Waals surface area contributed by atoms with Gasteiger partial charge in [0, 0.05) is 23.2 Å². The van der Waals surface area contributed by atoms with E-state index in [0.29, 0.717) is 0 Å². The van der Waals surface area contributed by atoms with Gasteiger partial charge in [0.1, 0.15) is 11.3 Å². The van der Waals surface area contributed by atoms with Gasteiger partial charge in [-0.3, -0.25) is 4.98 Å². The average Bonchev–Trinajstić information content (AvgIpc) is 3.40. The minimum absolute atomic E-state index is 0.756. The number of aryl methyl sites for hydroxylation is 1. The van der Waals surface area contributed by atoms with Crippen molar-refractivity contribution >= 4 is 34.2 Å². The highest BCUT2D eigenvalue weighted by Crippen LogP contribution is 2.28. The summed E-state index contributed by atoms with van der Waals surface area (Å²) >= 11 is 1.54. The van der Waals surface area contributed by atoms with Crippen molar-refractivity contribution < 1.29 is 4.42 Å². The zero-order valence-corrected chi connectivity index (χ0v) is 18.0. The second-order valence-electron chi connectivity index (χ2n) is 7.22. The van der Waals surface area contributed by atoms with Crippen molar-refractivity contribution in [3.63, 3.8) is 0 Å². The van der Waals surface area contributed by atoms with Crippen LogP contribution < -0.4 is 4.80 Å². The van der Waals surface area contributed by atoms with Crippen LogP contribution in [0.15, 0.2) is 92.9 Å². The lowest BCUT2D eigenvalue weighted by Gasteiger charge is -2.04. The van der Waals surface area contributed by atoms with E-state index in [-0.39, 0.29) is 0 Å². The fourth-order valence-electron chi connectivity index (χ4n) is 3.30. The van der Waals surface area contributed by atoms with E-state index in [9.17, 15) is 0 Å². The molecule has 0 atom stereocenters. The molecule has 0 amide bonds. The Hall–Kier alpha value is -3.77. The molecule has 3 heterocycles. The number of nitrogens with zero attached hydrogens (tertiary/aromatic N) is 4. The molecule has 0 N–H and O–H groups in total. The maximum absolute atomic E-state index is 6.11. The first-order chi connectivity index (χ1) is 15.2. The first-order valence-corrected chi connectivity index (χ1v) is 10.8. The van der Waals surface area contributed by atoms with Crippen LogP contribution >= 0.6 is 11.3 Å². The van der Waals surface area contributed by atoms with Crippen molar-refractivity contribution in [2.75, 3.05) is 0 Å². The molecule has 0 unspecified atom stereocenters. The molecule has 0 aliphatic carbocycles. The number of furan rings is 1. The van der Waals surface area contributed by atoms with E-state index >= 15 is 0 Å². The van der Waals surface area contributed by atoms with Crippen molar-refractivity contribution in [2.24, 2.45) is 10.1 Å². The Morgan fingerprint density at radius 1 is 1.00 bits per heavy atom. The molecule has 2 aromatic carbocycles. The number of para-hydroxylation sites is 1. The van der Waals surface area contributed by atoms with E-state index in [1.54, 1.807) is 12.4 Å². The Kier molecular flexibility index (Phi) is 5.06. The van der Waals surface area contributed by atoms with Gasteiger partial charge in [-0.25, -0.2) is 9.67 Å². The summed E-state index contributed by atoms with van der Waals surface area (Å²) in [5.74, 6) is 0.756. The zero-order valence-electron chi connectivity index (χ0n) is 17.2. The van der Waals surface area contributed by atoms with Gasteiger partial charge in [-0.05, 0) is 60.9 Å². The lowest BCUT2D eigenvalue weighted by atomic mass is 10.1. The van der Waals surface area contributed by atoms with Crippen LogP contribution in [0.3, 0.4) is 0 Å². The van der Waals surface area contributed by atoms with Crippen LogP contribution in [-0.2, 0) is 0 Å². The molecule has 5 nitrogen and oxygen atoms in total. The van der Waals surface area contributed by atoms with Crippen LogP contribution in [0.25, 0.3) is 22.4 Å². The quantitative estimate of drug-likeness (QED) is 0.328. The molecule has 0 radical (unpaired) electrons. The molecule has 3 aromatic heterocycles. The topological polar surface area (TPSA) is 55.7 Å². The summed E-state index contributed by atoms with van der Waals surface area (Å²) in [6.45, 7) is 4.19. The molecule has 0 saturated heterocycles. The fourth-order valence-corrected chi connectivity index (χ4v) is 4.13. The fraction of sp³-hybridized carbons (Fsp3) is 0.0800. The monoisotopic (exact) mass is 424 g/mol. The Balaban J connectivity index is 1.69. The van der Waals surface area contributed by atoms with Gasteiger partial charge in [-0.15, -0.1) is 11.3 Å². The third-order valence-corrected chi connectivity index (χ3v) is 6.00.